The Balaban J connectivity index is 2.98. The van der Waals surface area contributed by atoms with Gasteiger partial charge in [0.05, 0.1) is 0 Å². The predicted octanol–water partition coefficient (Wildman–Crippen LogP) is 2.11. The molecule has 1 aromatic carbocycles. The molecule has 0 radical (unpaired) electrons. The Labute approximate surface area is 93.4 Å². The highest BCUT2D eigenvalue weighted by Crippen LogP contribution is 2.18. The number of hydrogen-bond acceptors (Lipinski definition) is 2. The van der Waals surface area contributed by atoms with Crippen molar-refractivity contribution in [3.63, 3.8) is 0 Å². The van der Waals surface area contributed by atoms with Crippen molar-refractivity contribution in [1.82, 2.24) is 5.32 Å². The molecule has 1 atom stereocenters. The van der Waals surface area contributed by atoms with Gasteiger partial charge in [-0.3, -0.25) is 9.59 Å². The fourth-order valence-electron chi connectivity index (χ4n) is 1.31. The number of carbonyl (C=O) groups excluding carboxylic acids is 2. The van der Waals surface area contributed by atoms with E-state index in [1.165, 1.54) is 13.8 Å². The first-order valence-corrected chi connectivity index (χ1v) is 4.91. The minimum atomic E-state index is -0.610. The van der Waals surface area contributed by atoms with Crippen LogP contribution in [-0.2, 0) is 9.59 Å². The molecule has 0 aliphatic rings. The van der Waals surface area contributed by atoms with Crippen molar-refractivity contribution in [3.05, 3.63) is 34.9 Å². The van der Waals surface area contributed by atoms with Crippen molar-refractivity contribution >= 4 is 23.3 Å². The van der Waals surface area contributed by atoms with Crippen molar-refractivity contribution in [3.8, 4) is 0 Å². The van der Waals surface area contributed by atoms with E-state index in [1.807, 2.05) is 0 Å². The normalized spacial score (nSPS) is 11.9. The molecule has 0 aliphatic carbocycles. The van der Waals surface area contributed by atoms with Crippen LogP contribution in [0.3, 0.4) is 0 Å². The van der Waals surface area contributed by atoms with E-state index >= 15 is 0 Å². The standard InChI is InChI=1S/C11H12ClNO2/c1-7(14)11(13-8(2)15)9-4-3-5-10(12)6-9/h3-6,11H,1-2H3,(H,13,15). The van der Waals surface area contributed by atoms with E-state index in [1.54, 1.807) is 24.3 Å². The molecule has 0 aromatic heterocycles. The van der Waals surface area contributed by atoms with Crippen LogP contribution in [-0.4, -0.2) is 11.7 Å². The molecule has 0 spiro atoms. The second kappa shape index (κ2) is 4.94. The molecular weight excluding hydrogens is 214 g/mol. The molecule has 0 heterocycles. The maximum absolute atomic E-state index is 11.3. The summed E-state index contributed by atoms with van der Waals surface area (Å²) in [7, 11) is 0. The summed E-state index contributed by atoms with van der Waals surface area (Å²) in [5, 5.41) is 3.12. The summed E-state index contributed by atoms with van der Waals surface area (Å²) in [5.41, 5.74) is 0.699. The van der Waals surface area contributed by atoms with Gasteiger partial charge in [0.25, 0.3) is 0 Å². The number of nitrogens with one attached hydrogen (secondary N) is 1. The zero-order chi connectivity index (χ0) is 11.4. The molecule has 3 nitrogen and oxygen atoms in total. The Kier molecular flexibility index (Phi) is 3.86. The minimum absolute atomic E-state index is 0.118. The summed E-state index contributed by atoms with van der Waals surface area (Å²) < 4.78 is 0. The summed E-state index contributed by atoms with van der Waals surface area (Å²) in [6, 6.07) is 6.28. The van der Waals surface area contributed by atoms with Crippen LogP contribution in [0.15, 0.2) is 24.3 Å². The van der Waals surface area contributed by atoms with Crippen LogP contribution in [0.2, 0.25) is 5.02 Å². The van der Waals surface area contributed by atoms with Crippen molar-refractivity contribution in [2.45, 2.75) is 19.9 Å². The second-order valence-corrected chi connectivity index (χ2v) is 3.74. The molecule has 4 heteroatoms. The van der Waals surface area contributed by atoms with Crippen LogP contribution in [0, 0.1) is 0 Å². The van der Waals surface area contributed by atoms with Gasteiger partial charge in [0, 0.05) is 11.9 Å². The lowest BCUT2D eigenvalue weighted by atomic mass is 10.0. The van der Waals surface area contributed by atoms with Crippen LogP contribution < -0.4 is 5.32 Å². The van der Waals surface area contributed by atoms with Gasteiger partial charge >= 0.3 is 0 Å². The summed E-state index contributed by atoms with van der Waals surface area (Å²) in [6.45, 7) is 2.81. The minimum Gasteiger partial charge on any atom is -0.342 e. The van der Waals surface area contributed by atoms with Gasteiger partial charge in [-0.1, -0.05) is 23.7 Å². The van der Waals surface area contributed by atoms with Gasteiger partial charge in [-0.15, -0.1) is 0 Å². The molecule has 0 bridgehead atoms. The molecule has 0 saturated heterocycles. The van der Waals surface area contributed by atoms with Crippen LogP contribution in [0.4, 0.5) is 0 Å². The van der Waals surface area contributed by atoms with E-state index in [2.05, 4.69) is 5.32 Å². The third-order valence-electron chi connectivity index (χ3n) is 1.94. The first kappa shape index (κ1) is 11.7. The number of ketones is 1. The fourth-order valence-corrected chi connectivity index (χ4v) is 1.51. The van der Waals surface area contributed by atoms with Crippen LogP contribution in [0.5, 0.6) is 0 Å². The topological polar surface area (TPSA) is 46.2 Å². The number of rotatable bonds is 3. The fraction of sp³-hybridized carbons (Fsp3) is 0.273. The van der Waals surface area contributed by atoms with E-state index in [0.29, 0.717) is 10.6 Å². The van der Waals surface area contributed by atoms with Gasteiger partial charge in [0.15, 0.2) is 5.78 Å². The number of hydrogen-bond donors (Lipinski definition) is 1. The van der Waals surface area contributed by atoms with Crippen molar-refractivity contribution in [2.75, 3.05) is 0 Å². The van der Waals surface area contributed by atoms with Crippen LogP contribution in [0.25, 0.3) is 0 Å². The quantitative estimate of drug-likeness (QED) is 0.857. The average molecular weight is 226 g/mol. The van der Waals surface area contributed by atoms with Gasteiger partial charge < -0.3 is 5.32 Å². The molecular formula is C11H12ClNO2. The lowest BCUT2D eigenvalue weighted by molar-refractivity contribution is -0.125. The average Bonchev–Trinajstić information content (AvgIpc) is 2.13. The first-order chi connectivity index (χ1) is 7.00. The van der Waals surface area contributed by atoms with Crippen molar-refractivity contribution in [2.24, 2.45) is 0 Å². The summed E-state index contributed by atoms with van der Waals surface area (Å²) in [4.78, 5) is 22.3. The zero-order valence-electron chi connectivity index (χ0n) is 8.58. The Morgan fingerprint density at radius 3 is 2.47 bits per heavy atom. The maximum Gasteiger partial charge on any atom is 0.217 e. The number of Topliss-reactive ketones (excluding diaryl/α,β-unsaturated/α-hetero) is 1. The third-order valence-corrected chi connectivity index (χ3v) is 2.17. The first-order valence-electron chi connectivity index (χ1n) is 4.53. The molecule has 1 rings (SSSR count). The third kappa shape index (κ3) is 3.36. The Hall–Kier alpha value is -1.35. The summed E-state index contributed by atoms with van der Waals surface area (Å²) in [6.07, 6.45) is 0. The largest absolute Gasteiger partial charge is 0.342 e. The monoisotopic (exact) mass is 225 g/mol. The molecule has 15 heavy (non-hydrogen) atoms. The lowest BCUT2D eigenvalue weighted by Gasteiger charge is -2.15. The second-order valence-electron chi connectivity index (χ2n) is 3.30. The summed E-state index contributed by atoms with van der Waals surface area (Å²) >= 11 is 5.81. The molecule has 1 N–H and O–H groups in total. The Morgan fingerprint density at radius 2 is 2.00 bits per heavy atom. The van der Waals surface area contributed by atoms with Crippen molar-refractivity contribution in [1.29, 1.82) is 0 Å². The van der Waals surface area contributed by atoms with E-state index in [9.17, 15) is 9.59 Å². The van der Waals surface area contributed by atoms with Gasteiger partial charge in [0.1, 0.15) is 6.04 Å². The highest BCUT2D eigenvalue weighted by Gasteiger charge is 2.17. The van der Waals surface area contributed by atoms with Gasteiger partial charge in [-0.25, -0.2) is 0 Å². The Morgan fingerprint density at radius 1 is 1.33 bits per heavy atom. The smallest absolute Gasteiger partial charge is 0.217 e. The van der Waals surface area contributed by atoms with Crippen LogP contribution in [0.1, 0.15) is 25.5 Å². The van der Waals surface area contributed by atoms with Gasteiger partial charge in [-0.2, -0.15) is 0 Å². The number of benzene rings is 1. The molecule has 1 unspecified atom stereocenters. The van der Waals surface area contributed by atoms with Crippen LogP contribution >= 0.6 is 11.6 Å². The maximum atomic E-state index is 11.3. The highest BCUT2D eigenvalue weighted by molar-refractivity contribution is 6.30. The zero-order valence-corrected chi connectivity index (χ0v) is 9.34. The number of carbonyl (C=O) groups is 2. The Bertz CT molecular complexity index is 390. The SMILES string of the molecule is CC(=O)NC(C(C)=O)c1cccc(Cl)c1. The molecule has 0 aliphatic heterocycles. The van der Waals surface area contributed by atoms with E-state index in [4.69, 9.17) is 11.6 Å². The molecule has 0 saturated carbocycles. The molecule has 1 aromatic rings. The highest BCUT2D eigenvalue weighted by atomic mass is 35.5. The number of amides is 1. The lowest BCUT2D eigenvalue weighted by Crippen LogP contribution is -2.30. The van der Waals surface area contributed by atoms with Crippen molar-refractivity contribution < 1.29 is 9.59 Å². The predicted molar refractivity (Wildman–Crippen MR) is 58.7 cm³/mol. The van der Waals surface area contributed by atoms with Gasteiger partial charge in [-0.05, 0) is 24.6 Å². The van der Waals surface area contributed by atoms with Gasteiger partial charge in [0.2, 0.25) is 5.91 Å². The molecule has 1 amide bonds. The van der Waals surface area contributed by atoms with E-state index in [-0.39, 0.29) is 11.7 Å². The van der Waals surface area contributed by atoms with E-state index in [0.717, 1.165) is 0 Å². The molecule has 80 valence electrons. The summed E-state index contributed by atoms with van der Waals surface area (Å²) in [5.74, 6) is -0.359. The molecule has 0 fully saturated rings. The van der Waals surface area contributed by atoms with E-state index < -0.39 is 6.04 Å². The number of halogens is 1.